The van der Waals surface area contributed by atoms with Crippen LogP contribution in [0.5, 0.6) is 0 Å². The van der Waals surface area contributed by atoms with E-state index in [-0.39, 0.29) is 18.7 Å². The van der Waals surface area contributed by atoms with Crippen molar-refractivity contribution in [3.8, 4) is 0 Å². The number of hydrogen-bond acceptors (Lipinski definition) is 4. The van der Waals surface area contributed by atoms with Crippen molar-refractivity contribution in [2.45, 2.75) is 63.0 Å². The summed E-state index contributed by atoms with van der Waals surface area (Å²) in [5.74, 6) is -0.562. The highest BCUT2D eigenvalue weighted by atomic mass is 19.4. The number of aliphatic hydroxyl groups is 1. The van der Waals surface area contributed by atoms with Crippen molar-refractivity contribution in [3.05, 3.63) is 29.8 Å². The zero-order chi connectivity index (χ0) is 20.6. The quantitative estimate of drug-likeness (QED) is 0.804. The number of halogens is 3. The summed E-state index contributed by atoms with van der Waals surface area (Å²) < 4.78 is 43.8. The van der Waals surface area contributed by atoms with Gasteiger partial charge in [-0.3, -0.25) is 9.69 Å². The molecule has 2 amide bonds. The third-order valence-corrected chi connectivity index (χ3v) is 5.59. The van der Waals surface area contributed by atoms with Gasteiger partial charge in [0.05, 0.1) is 5.56 Å². The summed E-state index contributed by atoms with van der Waals surface area (Å²) in [5, 5.41) is 13.3. The van der Waals surface area contributed by atoms with E-state index in [9.17, 15) is 27.9 Å². The molecule has 1 aliphatic heterocycles. The van der Waals surface area contributed by atoms with Gasteiger partial charge in [-0.05, 0) is 50.8 Å². The minimum atomic E-state index is -4.51. The van der Waals surface area contributed by atoms with Crippen molar-refractivity contribution < 1.29 is 32.6 Å². The van der Waals surface area contributed by atoms with Crippen LogP contribution < -0.4 is 5.32 Å². The maximum atomic E-state index is 12.8. The first-order valence-electron chi connectivity index (χ1n) is 9.25. The maximum Gasteiger partial charge on any atom is 0.416 e. The number of carbonyl (C=O) groups excluding carboxylic acids is 2. The minimum absolute atomic E-state index is 0.0133. The molecule has 1 atom stereocenters. The SMILES string of the molecule is CC1(O)N(CCC(=O)Nc2cccc(C(F)(F)F)c2)C(=O)OC12CCCCC2. The summed E-state index contributed by atoms with van der Waals surface area (Å²) in [7, 11) is 0. The monoisotopic (exact) mass is 400 g/mol. The standard InChI is InChI=1S/C19H23F3N2O4/c1-17(27)18(9-3-2-4-10-18)28-16(26)24(17)11-8-15(25)23-14-7-5-6-13(12-14)19(20,21)22/h5-7,12,27H,2-4,8-11H2,1H3,(H,23,25). The highest BCUT2D eigenvalue weighted by molar-refractivity contribution is 5.91. The number of amides is 2. The second-order valence-corrected chi connectivity index (χ2v) is 7.47. The van der Waals surface area contributed by atoms with Gasteiger partial charge in [-0.25, -0.2) is 4.79 Å². The smallest absolute Gasteiger partial charge is 0.416 e. The van der Waals surface area contributed by atoms with E-state index < -0.39 is 35.1 Å². The van der Waals surface area contributed by atoms with E-state index in [4.69, 9.17) is 4.74 Å². The molecule has 0 radical (unpaired) electrons. The van der Waals surface area contributed by atoms with Crippen LogP contribution in [0.3, 0.4) is 0 Å². The number of hydrogen-bond donors (Lipinski definition) is 2. The molecule has 2 fully saturated rings. The molecule has 1 heterocycles. The molecule has 1 aliphatic carbocycles. The van der Waals surface area contributed by atoms with Crippen LogP contribution in [0.25, 0.3) is 0 Å². The first-order valence-corrected chi connectivity index (χ1v) is 9.25. The van der Waals surface area contributed by atoms with Gasteiger partial charge in [-0.2, -0.15) is 13.2 Å². The number of anilines is 1. The average molecular weight is 400 g/mol. The van der Waals surface area contributed by atoms with Crippen LogP contribution in [0.2, 0.25) is 0 Å². The molecule has 1 aromatic carbocycles. The highest BCUT2D eigenvalue weighted by Crippen LogP contribution is 2.46. The van der Waals surface area contributed by atoms with Crippen molar-refractivity contribution >= 4 is 17.7 Å². The molecule has 28 heavy (non-hydrogen) atoms. The summed E-state index contributed by atoms with van der Waals surface area (Å²) in [6.45, 7) is 1.41. The molecule has 1 saturated heterocycles. The zero-order valence-electron chi connectivity index (χ0n) is 15.5. The lowest BCUT2D eigenvalue weighted by Crippen LogP contribution is -2.57. The fourth-order valence-electron chi connectivity index (χ4n) is 3.96. The van der Waals surface area contributed by atoms with E-state index in [1.807, 2.05) is 0 Å². The number of ether oxygens (including phenoxy) is 1. The molecule has 154 valence electrons. The van der Waals surface area contributed by atoms with E-state index in [1.54, 1.807) is 0 Å². The Morgan fingerprint density at radius 2 is 1.96 bits per heavy atom. The van der Waals surface area contributed by atoms with Gasteiger partial charge in [0, 0.05) is 18.7 Å². The lowest BCUT2D eigenvalue weighted by Gasteiger charge is -2.42. The van der Waals surface area contributed by atoms with Gasteiger partial charge in [0.25, 0.3) is 0 Å². The van der Waals surface area contributed by atoms with Gasteiger partial charge in [0.2, 0.25) is 5.91 Å². The second kappa shape index (κ2) is 7.27. The summed E-state index contributed by atoms with van der Waals surface area (Å²) in [6.07, 6.45) is -1.57. The van der Waals surface area contributed by atoms with Crippen LogP contribution >= 0.6 is 0 Å². The number of nitrogens with zero attached hydrogens (tertiary/aromatic N) is 1. The molecule has 0 bridgehead atoms. The summed E-state index contributed by atoms with van der Waals surface area (Å²) in [6, 6.07) is 4.31. The summed E-state index contributed by atoms with van der Waals surface area (Å²) >= 11 is 0. The Morgan fingerprint density at radius 3 is 2.61 bits per heavy atom. The number of benzene rings is 1. The summed E-state index contributed by atoms with van der Waals surface area (Å²) in [5.41, 5.74) is -3.36. The average Bonchev–Trinajstić information content (AvgIpc) is 2.78. The Bertz CT molecular complexity index is 758. The molecule has 9 heteroatoms. The predicted octanol–water partition coefficient (Wildman–Crippen LogP) is 3.90. The van der Waals surface area contributed by atoms with Crippen molar-refractivity contribution in [1.82, 2.24) is 4.90 Å². The molecular formula is C19H23F3N2O4. The Hall–Kier alpha value is -2.29. The van der Waals surface area contributed by atoms with E-state index in [0.717, 1.165) is 36.3 Å². The van der Waals surface area contributed by atoms with Crippen molar-refractivity contribution in [2.75, 3.05) is 11.9 Å². The molecule has 3 rings (SSSR count). The zero-order valence-corrected chi connectivity index (χ0v) is 15.5. The molecule has 1 spiro atoms. The molecule has 6 nitrogen and oxygen atoms in total. The lowest BCUT2D eigenvalue weighted by molar-refractivity contribution is -0.159. The normalized spacial score (nSPS) is 24.3. The summed E-state index contributed by atoms with van der Waals surface area (Å²) in [4.78, 5) is 25.6. The van der Waals surface area contributed by atoms with Gasteiger partial charge in [-0.15, -0.1) is 0 Å². The Labute approximate surface area is 160 Å². The number of carbonyl (C=O) groups is 2. The first-order chi connectivity index (χ1) is 13.1. The fraction of sp³-hybridized carbons (Fsp3) is 0.579. The van der Waals surface area contributed by atoms with E-state index >= 15 is 0 Å². The van der Waals surface area contributed by atoms with Gasteiger partial charge in [0.15, 0.2) is 11.3 Å². The molecule has 1 aromatic rings. The third kappa shape index (κ3) is 3.80. The van der Waals surface area contributed by atoms with Gasteiger partial charge < -0.3 is 15.2 Å². The van der Waals surface area contributed by atoms with Crippen molar-refractivity contribution in [3.63, 3.8) is 0 Å². The van der Waals surface area contributed by atoms with Crippen LogP contribution in [-0.4, -0.2) is 39.9 Å². The van der Waals surface area contributed by atoms with Crippen LogP contribution in [-0.2, 0) is 15.7 Å². The largest absolute Gasteiger partial charge is 0.438 e. The molecule has 2 N–H and O–H groups in total. The van der Waals surface area contributed by atoms with E-state index in [1.165, 1.54) is 19.1 Å². The van der Waals surface area contributed by atoms with Crippen LogP contribution in [0.15, 0.2) is 24.3 Å². The van der Waals surface area contributed by atoms with Gasteiger partial charge in [-0.1, -0.05) is 12.5 Å². The number of nitrogens with one attached hydrogen (secondary N) is 1. The van der Waals surface area contributed by atoms with E-state index in [0.29, 0.717) is 12.8 Å². The Morgan fingerprint density at radius 1 is 1.29 bits per heavy atom. The first kappa shape index (κ1) is 20.4. The molecule has 2 aliphatic rings. The number of alkyl halides is 3. The molecule has 0 aromatic heterocycles. The minimum Gasteiger partial charge on any atom is -0.438 e. The van der Waals surface area contributed by atoms with E-state index in [2.05, 4.69) is 5.32 Å². The van der Waals surface area contributed by atoms with Crippen LogP contribution in [0, 0.1) is 0 Å². The molecular weight excluding hydrogens is 377 g/mol. The Balaban J connectivity index is 1.62. The van der Waals surface area contributed by atoms with Gasteiger partial charge in [0.1, 0.15) is 0 Å². The third-order valence-electron chi connectivity index (χ3n) is 5.59. The Kier molecular flexibility index (Phi) is 5.31. The van der Waals surface area contributed by atoms with Crippen molar-refractivity contribution in [2.24, 2.45) is 0 Å². The molecule has 1 unspecified atom stereocenters. The van der Waals surface area contributed by atoms with Gasteiger partial charge >= 0.3 is 12.3 Å². The van der Waals surface area contributed by atoms with Crippen LogP contribution in [0.1, 0.15) is 51.0 Å². The second-order valence-electron chi connectivity index (χ2n) is 7.47. The maximum absolute atomic E-state index is 12.8. The topological polar surface area (TPSA) is 78.9 Å². The van der Waals surface area contributed by atoms with Crippen molar-refractivity contribution in [1.29, 1.82) is 0 Å². The van der Waals surface area contributed by atoms with Crippen LogP contribution in [0.4, 0.5) is 23.7 Å². The lowest BCUT2D eigenvalue weighted by atomic mass is 9.77. The number of rotatable bonds is 4. The highest BCUT2D eigenvalue weighted by Gasteiger charge is 2.61. The fourth-order valence-corrected chi connectivity index (χ4v) is 3.96. The molecule has 1 saturated carbocycles. The predicted molar refractivity (Wildman–Crippen MR) is 94.3 cm³/mol.